The number of hydrogen-bond donors (Lipinski definition) is 2. The lowest BCUT2D eigenvalue weighted by atomic mass is 10.2. The molecule has 3 rings (SSSR count). The molecule has 1 fully saturated rings. The van der Waals surface area contributed by atoms with E-state index < -0.39 is 22.0 Å². The number of nitrogens with one attached hydrogen (secondary N) is 2. The molecule has 0 atom stereocenters. The van der Waals surface area contributed by atoms with E-state index in [1.807, 2.05) is 13.8 Å². The monoisotopic (exact) mass is 491 g/mol. The first-order valence-electron chi connectivity index (χ1n) is 10.8. The van der Waals surface area contributed by atoms with E-state index in [9.17, 15) is 18.0 Å². The number of rotatable bonds is 8. The second-order valence-electron chi connectivity index (χ2n) is 8.03. The third-order valence-corrected chi connectivity index (χ3v) is 6.85. The fourth-order valence-corrected chi connectivity index (χ4v) is 4.81. The minimum absolute atomic E-state index is 0.0899. The SMILES string of the molecule is COc1ccc(C(=O)Nc2cccc(NC(=O)OCC(C)C)c2)cc1S(=O)(=O)N1CCOCC1. The highest BCUT2D eigenvalue weighted by Gasteiger charge is 2.30. The van der Waals surface area contributed by atoms with Gasteiger partial charge in [0.05, 0.1) is 26.9 Å². The summed E-state index contributed by atoms with van der Waals surface area (Å²) in [7, 11) is -2.51. The van der Waals surface area contributed by atoms with Crippen LogP contribution >= 0.6 is 0 Å². The number of amides is 2. The fourth-order valence-electron chi connectivity index (χ4n) is 3.22. The van der Waals surface area contributed by atoms with Crippen LogP contribution in [0.1, 0.15) is 24.2 Å². The van der Waals surface area contributed by atoms with Gasteiger partial charge in [0.2, 0.25) is 10.0 Å². The van der Waals surface area contributed by atoms with E-state index in [4.69, 9.17) is 14.2 Å². The van der Waals surface area contributed by atoms with E-state index in [2.05, 4.69) is 10.6 Å². The van der Waals surface area contributed by atoms with Crippen LogP contribution in [0.4, 0.5) is 16.2 Å². The third-order valence-electron chi connectivity index (χ3n) is 4.93. The van der Waals surface area contributed by atoms with Gasteiger partial charge in [-0.05, 0) is 42.3 Å². The molecule has 11 heteroatoms. The molecular formula is C23H29N3O7S. The van der Waals surface area contributed by atoms with Crippen LogP contribution in [-0.2, 0) is 19.5 Å². The molecule has 184 valence electrons. The van der Waals surface area contributed by atoms with Gasteiger partial charge in [0.15, 0.2) is 0 Å². The number of carbonyl (C=O) groups is 2. The predicted molar refractivity (Wildman–Crippen MR) is 127 cm³/mol. The molecule has 1 aliphatic rings. The van der Waals surface area contributed by atoms with Crippen molar-refractivity contribution in [1.82, 2.24) is 4.31 Å². The average molecular weight is 492 g/mol. The summed E-state index contributed by atoms with van der Waals surface area (Å²) in [5.74, 6) is -0.160. The Bertz CT molecular complexity index is 1130. The maximum absolute atomic E-state index is 13.1. The van der Waals surface area contributed by atoms with E-state index in [1.54, 1.807) is 24.3 Å². The molecule has 1 heterocycles. The first kappa shape index (κ1) is 25.5. The van der Waals surface area contributed by atoms with Gasteiger partial charge in [0.1, 0.15) is 10.6 Å². The van der Waals surface area contributed by atoms with Gasteiger partial charge in [-0.25, -0.2) is 13.2 Å². The van der Waals surface area contributed by atoms with E-state index in [-0.39, 0.29) is 41.8 Å². The molecule has 2 N–H and O–H groups in total. The van der Waals surface area contributed by atoms with Crippen LogP contribution < -0.4 is 15.4 Å². The molecule has 0 aromatic heterocycles. The molecule has 0 spiro atoms. The molecule has 0 radical (unpaired) electrons. The first-order chi connectivity index (χ1) is 16.2. The van der Waals surface area contributed by atoms with Gasteiger partial charge in [-0.3, -0.25) is 10.1 Å². The summed E-state index contributed by atoms with van der Waals surface area (Å²) in [6.45, 7) is 5.20. The molecule has 2 amide bonds. The Balaban J connectivity index is 1.76. The van der Waals surface area contributed by atoms with Crippen molar-refractivity contribution in [2.45, 2.75) is 18.7 Å². The Labute approximate surface area is 199 Å². The van der Waals surface area contributed by atoms with Crippen molar-refractivity contribution in [3.8, 4) is 5.75 Å². The van der Waals surface area contributed by atoms with Gasteiger partial charge in [-0.2, -0.15) is 4.31 Å². The molecular weight excluding hydrogens is 462 g/mol. The number of anilines is 2. The van der Waals surface area contributed by atoms with Crippen LogP contribution in [0, 0.1) is 5.92 Å². The molecule has 10 nitrogen and oxygen atoms in total. The number of morpholine rings is 1. The fraction of sp³-hybridized carbons (Fsp3) is 0.391. The van der Waals surface area contributed by atoms with E-state index in [0.717, 1.165) is 0 Å². The number of sulfonamides is 1. The number of hydrogen-bond acceptors (Lipinski definition) is 7. The molecule has 34 heavy (non-hydrogen) atoms. The van der Waals surface area contributed by atoms with Crippen molar-refractivity contribution in [3.63, 3.8) is 0 Å². The van der Waals surface area contributed by atoms with Crippen molar-refractivity contribution in [2.75, 3.05) is 50.7 Å². The third kappa shape index (κ3) is 6.46. The van der Waals surface area contributed by atoms with Gasteiger partial charge >= 0.3 is 6.09 Å². The lowest BCUT2D eigenvalue weighted by Gasteiger charge is -2.26. The van der Waals surface area contributed by atoms with Crippen LogP contribution in [0.25, 0.3) is 0 Å². The Morgan fingerprint density at radius 1 is 1.06 bits per heavy atom. The highest BCUT2D eigenvalue weighted by Crippen LogP contribution is 2.29. The van der Waals surface area contributed by atoms with Crippen molar-refractivity contribution < 1.29 is 32.2 Å². The standard InChI is InChI=1S/C23H29N3O7S/c1-16(2)15-33-23(28)25-19-6-4-5-18(14-19)24-22(27)17-7-8-20(31-3)21(13-17)34(29,30)26-9-11-32-12-10-26/h4-8,13-14,16H,9-12,15H2,1-3H3,(H,24,27)(H,25,28). The number of benzene rings is 2. The number of methoxy groups -OCH3 is 1. The molecule has 2 aromatic rings. The summed E-state index contributed by atoms with van der Waals surface area (Å²) in [5.41, 5.74) is 0.999. The van der Waals surface area contributed by atoms with Crippen LogP contribution in [-0.4, -0.2) is 64.7 Å². The normalized spacial score (nSPS) is 14.5. The highest BCUT2D eigenvalue weighted by atomic mass is 32.2. The largest absolute Gasteiger partial charge is 0.495 e. The minimum atomic E-state index is -3.88. The topological polar surface area (TPSA) is 123 Å². The zero-order valence-corrected chi connectivity index (χ0v) is 20.2. The molecule has 0 bridgehead atoms. The summed E-state index contributed by atoms with van der Waals surface area (Å²) in [5, 5.41) is 5.32. The van der Waals surface area contributed by atoms with Crippen molar-refractivity contribution >= 4 is 33.4 Å². The molecule has 1 aliphatic heterocycles. The summed E-state index contributed by atoms with van der Waals surface area (Å²) >= 11 is 0. The molecule has 0 unspecified atom stereocenters. The van der Waals surface area contributed by atoms with E-state index in [0.29, 0.717) is 24.6 Å². The van der Waals surface area contributed by atoms with E-state index in [1.165, 1.54) is 29.6 Å². The summed E-state index contributed by atoms with van der Waals surface area (Å²) < 4.78 is 43.2. The van der Waals surface area contributed by atoms with Gasteiger partial charge < -0.3 is 19.5 Å². The Morgan fingerprint density at radius 2 is 1.74 bits per heavy atom. The quantitative estimate of drug-likeness (QED) is 0.581. The predicted octanol–water partition coefficient (Wildman–Crippen LogP) is 3.17. The molecule has 1 saturated heterocycles. The van der Waals surface area contributed by atoms with Crippen LogP contribution in [0.2, 0.25) is 0 Å². The summed E-state index contributed by atoms with van der Waals surface area (Å²) in [6, 6.07) is 10.8. The van der Waals surface area contributed by atoms with Gasteiger partial charge in [-0.15, -0.1) is 0 Å². The maximum atomic E-state index is 13.1. The Morgan fingerprint density at radius 3 is 2.38 bits per heavy atom. The average Bonchev–Trinajstić information content (AvgIpc) is 2.83. The lowest BCUT2D eigenvalue weighted by Crippen LogP contribution is -2.40. The van der Waals surface area contributed by atoms with Gasteiger partial charge in [0, 0.05) is 30.0 Å². The lowest BCUT2D eigenvalue weighted by molar-refractivity contribution is 0.0729. The number of ether oxygens (including phenoxy) is 3. The van der Waals surface area contributed by atoms with Crippen LogP contribution in [0.3, 0.4) is 0 Å². The summed E-state index contributed by atoms with van der Waals surface area (Å²) in [6.07, 6.45) is -0.592. The van der Waals surface area contributed by atoms with Crippen LogP contribution in [0.5, 0.6) is 5.75 Å². The number of nitrogens with zero attached hydrogens (tertiary/aromatic N) is 1. The van der Waals surface area contributed by atoms with Crippen molar-refractivity contribution in [1.29, 1.82) is 0 Å². The van der Waals surface area contributed by atoms with Crippen molar-refractivity contribution in [2.24, 2.45) is 5.92 Å². The molecule has 0 saturated carbocycles. The Kier molecular flexibility index (Phi) is 8.48. The van der Waals surface area contributed by atoms with Gasteiger partial charge in [0.25, 0.3) is 5.91 Å². The first-order valence-corrected chi connectivity index (χ1v) is 12.3. The minimum Gasteiger partial charge on any atom is -0.495 e. The highest BCUT2D eigenvalue weighted by molar-refractivity contribution is 7.89. The molecule has 2 aromatic carbocycles. The molecule has 0 aliphatic carbocycles. The van der Waals surface area contributed by atoms with Crippen molar-refractivity contribution in [3.05, 3.63) is 48.0 Å². The Hall–Kier alpha value is -3.15. The van der Waals surface area contributed by atoms with E-state index >= 15 is 0 Å². The second kappa shape index (κ2) is 11.3. The van der Waals surface area contributed by atoms with Gasteiger partial charge in [-0.1, -0.05) is 19.9 Å². The summed E-state index contributed by atoms with van der Waals surface area (Å²) in [4.78, 5) is 24.7. The van der Waals surface area contributed by atoms with Crippen LogP contribution in [0.15, 0.2) is 47.4 Å². The second-order valence-corrected chi connectivity index (χ2v) is 9.94. The smallest absolute Gasteiger partial charge is 0.411 e. The zero-order chi connectivity index (χ0) is 24.7. The zero-order valence-electron chi connectivity index (χ0n) is 19.4. The maximum Gasteiger partial charge on any atom is 0.411 e. The number of carbonyl (C=O) groups excluding carboxylic acids is 2.